The minimum absolute atomic E-state index is 0.179. The fraction of sp³-hybridized carbons (Fsp3) is 0.538. The Bertz CT molecular complexity index is 361. The third-order valence-electron chi connectivity index (χ3n) is 3.64. The largest absolute Gasteiger partial charge is 0.508 e. The van der Waals surface area contributed by atoms with Gasteiger partial charge in [0.05, 0.1) is 0 Å². The maximum atomic E-state index is 9.17. The molecule has 88 valence electrons. The van der Waals surface area contributed by atoms with Crippen molar-refractivity contribution in [3.63, 3.8) is 0 Å². The lowest BCUT2D eigenvalue weighted by Crippen LogP contribution is -2.57. The molecule has 0 saturated heterocycles. The second-order valence-corrected chi connectivity index (χ2v) is 5.65. The molecule has 0 bridgehead atoms. The maximum absolute atomic E-state index is 9.17. The van der Waals surface area contributed by atoms with E-state index in [2.05, 4.69) is 19.2 Å². The molecule has 2 N–H and O–H groups in total. The molecule has 1 aromatic rings. The summed E-state index contributed by atoms with van der Waals surface area (Å²) in [5.41, 5.74) is 1.37. The van der Waals surface area contributed by atoms with Crippen LogP contribution in [0.15, 0.2) is 24.3 Å². The first-order valence-electron chi connectivity index (χ1n) is 5.65. The summed E-state index contributed by atoms with van der Waals surface area (Å²) in [6, 6.07) is 7.79. The Morgan fingerprint density at radius 2 is 2.00 bits per heavy atom. The molecular formula is C13H18ClNO. The number of halogens is 1. The number of hydrogen-bond donors (Lipinski definition) is 2. The number of rotatable bonds is 3. The van der Waals surface area contributed by atoms with Crippen molar-refractivity contribution in [3.8, 4) is 5.75 Å². The average molecular weight is 240 g/mol. The summed E-state index contributed by atoms with van der Waals surface area (Å²) in [6.45, 7) is 5.23. The van der Waals surface area contributed by atoms with Gasteiger partial charge in [0, 0.05) is 18.0 Å². The molecule has 1 fully saturated rings. The molecule has 0 aliphatic heterocycles. The zero-order valence-electron chi connectivity index (χ0n) is 9.70. The van der Waals surface area contributed by atoms with Gasteiger partial charge in [0.15, 0.2) is 0 Å². The van der Waals surface area contributed by atoms with Crippen LogP contribution in [0, 0.1) is 5.41 Å². The van der Waals surface area contributed by atoms with Crippen molar-refractivity contribution in [2.24, 2.45) is 5.41 Å². The number of phenols is 1. The third-order valence-corrected chi connectivity index (χ3v) is 4.38. The lowest BCUT2D eigenvalue weighted by Gasteiger charge is -2.49. The fourth-order valence-corrected chi connectivity index (χ4v) is 2.40. The number of phenolic OH excluding ortho intramolecular Hbond substituents is 1. The molecule has 2 nitrogen and oxygen atoms in total. The molecule has 1 aromatic carbocycles. The molecule has 0 heterocycles. The summed E-state index contributed by atoms with van der Waals surface area (Å²) in [5.74, 6) is 0.313. The predicted octanol–water partition coefficient (Wildman–Crippen LogP) is 2.89. The molecule has 0 spiro atoms. The molecule has 2 rings (SSSR count). The van der Waals surface area contributed by atoms with Gasteiger partial charge < -0.3 is 10.4 Å². The average Bonchev–Trinajstić information content (AvgIpc) is 2.26. The van der Waals surface area contributed by atoms with Crippen molar-refractivity contribution < 1.29 is 5.11 Å². The highest BCUT2D eigenvalue weighted by Gasteiger charge is 2.46. The van der Waals surface area contributed by atoms with Crippen LogP contribution in [0.2, 0.25) is 0 Å². The minimum Gasteiger partial charge on any atom is -0.508 e. The number of aromatic hydroxyl groups is 1. The van der Waals surface area contributed by atoms with Crippen molar-refractivity contribution in [2.45, 2.75) is 38.2 Å². The zero-order valence-corrected chi connectivity index (χ0v) is 10.5. The van der Waals surface area contributed by atoms with E-state index in [9.17, 15) is 5.11 Å². The SMILES string of the molecule is CC1(C)C(Cl)CC1NCc1ccc(O)cc1. The second kappa shape index (κ2) is 4.27. The summed E-state index contributed by atoms with van der Waals surface area (Å²) >= 11 is 6.16. The molecule has 2 atom stereocenters. The zero-order chi connectivity index (χ0) is 11.8. The van der Waals surface area contributed by atoms with E-state index in [0.29, 0.717) is 11.8 Å². The van der Waals surface area contributed by atoms with Crippen LogP contribution in [0.5, 0.6) is 5.75 Å². The van der Waals surface area contributed by atoms with Crippen LogP contribution in [-0.4, -0.2) is 16.5 Å². The van der Waals surface area contributed by atoms with E-state index in [1.807, 2.05) is 12.1 Å². The quantitative estimate of drug-likeness (QED) is 0.795. The molecule has 0 radical (unpaired) electrons. The number of benzene rings is 1. The minimum atomic E-state index is 0.179. The van der Waals surface area contributed by atoms with Gasteiger partial charge in [0.2, 0.25) is 0 Å². The van der Waals surface area contributed by atoms with E-state index in [4.69, 9.17) is 11.6 Å². The summed E-state index contributed by atoms with van der Waals surface area (Å²) in [7, 11) is 0. The van der Waals surface area contributed by atoms with Crippen LogP contribution in [0.4, 0.5) is 0 Å². The van der Waals surface area contributed by atoms with E-state index in [1.165, 1.54) is 5.56 Å². The van der Waals surface area contributed by atoms with Crippen LogP contribution in [0.25, 0.3) is 0 Å². The Kier molecular flexibility index (Phi) is 3.13. The van der Waals surface area contributed by atoms with E-state index in [-0.39, 0.29) is 10.8 Å². The third kappa shape index (κ3) is 2.18. The molecule has 1 aliphatic carbocycles. The van der Waals surface area contributed by atoms with Gasteiger partial charge in [-0.2, -0.15) is 0 Å². The number of alkyl halides is 1. The van der Waals surface area contributed by atoms with Gasteiger partial charge in [0.25, 0.3) is 0 Å². The first-order valence-corrected chi connectivity index (χ1v) is 6.09. The van der Waals surface area contributed by atoms with E-state index in [1.54, 1.807) is 12.1 Å². The Morgan fingerprint density at radius 1 is 1.38 bits per heavy atom. The van der Waals surface area contributed by atoms with Crippen LogP contribution < -0.4 is 5.32 Å². The standard InChI is InChI=1S/C13H18ClNO/c1-13(2)11(14)7-12(13)15-8-9-3-5-10(16)6-4-9/h3-6,11-12,15-16H,7-8H2,1-2H3. The molecule has 16 heavy (non-hydrogen) atoms. The van der Waals surface area contributed by atoms with Crippen LogP contribution in [0.3, 0.4) is 0 Å². The number of hydrogen-bond acceptors (Lipinski definition) is 2. The van der Waals surface area contributed by atoms with E-state index in [0.717, 1.165) is 13.0 Å². The van der Waals surface area contributed by atoms with Gasteiger partial charge in [-0.25, -0.2) is 0 Å². The highest BCUT2D eigenvalue weighted by Crippen LogP contribution is 2.44. The Morgan fingerprint density at radius 3 is 2.50 bits per heavy atom. The molecule has 2 unspecified atom stereocenters. The van der Waals surface area contributed by atoms with E-state index >= 15 is 0 Å². The van der Waals surface area contributed by atoms with Crippen molar-refractivity contribution in [1.29, 1.82) is 0 Å². The smallest absolute Gasteiger partial charge is 0.115 e. The molecular weight excluding hydrogens is 222 g/mol. The summed E-state index contributed by atoms with van der Waals surface area (Å²) in [6.07, 6.45) is 1.03. The lowest BCUT2D eigenvalue weighted by molar-refractivity contribution is 0.115. The first kappa shape index (κ1) is 11.7. The topological polar surface area (TPSA) is 32.3 Å². The van der Waals surface area contributed by atoms with Gasteiger partial charge in [-0.3, -0.25) is 0 Å². The fourth-order valence-electron chi connectivity index (χ4n) is 2.07. The Labute approximate surface area is 102 Å². The van der Waals surface area contributed by atoms with Crippen LogP contribution >= 0.6 is 11.6 Å². The van der Waals surface area contributed by atoms with Gasteiger partial charge in [-0.15, -0.1) is 11.6 Å². The predicted molar refractivity (Wildman–Crippen MR) is 66.8 cm³/mol. The molecule has 1 aliphatic rings. The van der Waals surface area contributed by atoms with Gasteiger partial charge in [0.1, 0.15) is 5.75 Å². The van der Waals surface area contributed by atoms with Crippen LogP contribution in [-0.2, 0) is 6.54 Å². The van der Waals surface area contributed by atoms with E-state index < -0.39 is 0 Å². The molecule has 0 amide bonds. The second-order valence-electron chi connectivity index (χ2n) is 5.12. The monoisotopic (exact) mass is 239 g/mol. The van der Waals surface area contributed by atoms with Crippen molar-refractivity contribution in [3.05, 3.63) is 29.8 Å². The van der Waals surface area contributed by atoms with Crippen LogP contribution in [0.1, 0.15) is 25.8 Å². The normalized spacial score (nSPS) is 27.4. The van der Waals surface area contributed by atoms with Gasteiger partial charge in [-0.05, 0) is 29.5 Å². The first-order chi connectivity index (χ1) is 7.50. The van der Waals surface area contributed by atoms with Gasteiger partial charge >= 0.3 is 0 Å². The molecule has 3 heteroatoms. The van der Waals surface area contributed by atoms with Gasteiger partial charge in [-0.1, -0.05) is 26.0 Å². The summed E-state index contributed by atoms with van der Waals surface area (Å²) in [4.78, 5) is 0. The Balaban J connectivity index is 1.87. The summed E-state index contributed by atoms with van der Waals surface area (Å²) < 4.78 is 0. The lowest BCUT2D eigenvalue weighted by atomic mass is 9.67. The molecule has 1 saturated carbocycles. The summed E-state index contributed by atoms with van der Waals surface area (Å²) in [5, 5.41) is 13.0. The molecule has 0 aromatic heterocycles. The maximum Gasteiger partial charge on any atom is 0.115 e. The van der Waals surface area contributed by atoms with Crippen molar-refractivity contribution in [2.75, 3.05) is 0 Å². The van der Waals surface area contributed by atoms with Crippen molar-refractivity contribution >= 4 is 11.6 Å². The van der Waals surface area contributed by atoms with Crippen molar-refractivity contribution in [1.82, 2.24) is 5.32 Å². The number of nitrogens with one attached hydrogen (secondary N) is 1. The highest BCUT2D eigenvalue weighted by molar-refractivity contribution is 6.21. The highest BCUT2D eigenvalue weighted by atomic mass is 35.5. The Hall–Kier alpha value is -0.730.